The number of halogens is 3. The standard InChI is InChI=1S/C23H30F3N3O5S/c1-20(2,3)34-19(31)29-21(4,5)33-13-22(29,6)18-28-27-17(35-18)14-8-9-16(32-11-7-10-30)15(12-14)23(24,25)26/h8-9,12,30H,7,10-11,13H2,1-6H3. The van der Waals surface area contributed by atoms with Gasteiger partial charge < -0.3 is 19.3 Å². The first-order chi connectivity index (χ1) is 16.1. The Balaban J connectivity index is 1.96. The Kier molecular flexibility index (Phi) is 7.41. The van der Waals surface area contributed by atoms with Crippen LogP contribution in [0.15, 0.2) is 18.2 Å². The third-order valence-corrected chi connectivity index (χ3v) is 6.52. The zero-order valence-electron chi connectivity index (χ0n) is 20.5. The van der Waals surface area contributed by atoms with Crippen molar-refractivity contribution >= 4 is 17.4 Å². The normalized spacial score (nSPS) is 20.2. The zero-order valence-corrected chi connectivity index (χ0v) is 21.3. The van der Waals surface area contributed by atoms with Gasteiger partial charge in [-0.25, -0.2) is 4.79 Å². The molecule has 194 valence electrons. The highest BCUT2D eigenvalue weighted by molar-refractivity contribution is 7.14. The molecule has 0 spiro atoms. The van der Waals surface area contributed by atoms with Crippen molar-refractivity contribution in [1.29, 1.82) is 0 Å². The smallest absolute Gasteiger partial charge is 0.419 e. The number of ether oxygens (including phenoxy) is 3. The van der Waals surface area contributed by atoms with Crippen molar-refractivity contribution in [3.8, 4) is 16.3 Å². The van der Waals surface area contributed by atoms with Crippen molar-refractivity contribution in [3.63, 3.8) is 0 Å². The topological polar surface area (TPSA) is 94.0 Å². The van der Waals surface area contributed by atoms with Gasteiger partial charge in [-0.05, 0) is 59.7 Å². The highest BCUT2D eigenvalue weighted by Crippen LogP contribution is 2.45. The minimum atomic E-state index is -4.65. The molecule has 1 fully saturated rings. The number of aromatic nitrogens is 2. The monoisotopic (exact) mass is 517 g/mol. The number of rotatable bonds is 6. The van der Waals surface area contributed by atoms with Crippen LogP contribution in [-0.2, 0) is 21.2 Å². The number of hydrogen-bond acceptors (Lipinski definition) is 8. The molecule has 0 bridgehead atoms. The number of benzene rings is 1. The number of aliphatic hydroxyl groups is 1. The van der Waals surface area contributed by atoms with E-state index in [-0.39, 0.29) is 42.6 Å². The molecule has 1 atom stereocenters. The average Bonchev–Trinajstić information content (AvgIpc) is 3.30. The van der Waals surface area contributed by atoms with Gasteiger partial charge in [0.1, 0.15) is 32.6 Å². The molecule has 2 aromatic rings. The molecule has 2 heterocycles. The van der Waals surface area contributed by atoms with Gasteiger partial charge in [0.05, 0.1) is 18.8 Å². The van der Waals surface area contributed by atoms with E-state index in [0.717, 1.165) is 17.4 Å². The Morgan fingerprint density at radius 2 is 1.91 bits per heavy atom. The number of hydrogen-bond donors (Lipinski definition) is 1. The van der Waals surface area contributed by atoms with Gasteiger partial charge in [-0.2, -0.15) is 13.2 Å². The van der Waals surface area contributed by atoms with Crippen LogP contribution in [0.2, 0.25) is 0 Å². The van der Waals surface area contributed by atoms with E-state index in [9.17, 15) is 18.0 Å². The number of aliphatic hydroxyl groups excluding tert-OH is 1. The van der Waals surface area contributed by atoms with E-state index in [1.54, 1.807) is 41.5 Å². The summed E-state index contributed by atoms with van der Waals surface area (Å²) in [5.74, 6) is -0.326. The van der Waals surface area contributed by atoms with Crippen molar-refractivity contribution in [2.75, 3.05) is 19.8 Å². The van der Waals surface area contributed by atoms with Crippen molar-refractivity contribution in [2.24, 2.45) is 0 Å². The summed E-state index contributed by atoms with van der Waals surface area (Å²) in [6, 6.07) is 3.66. The van der Waals surface area contributed by atoms with Gasteiger partial charge in [0.25, 0.3) is 0 Å². The third kappa shape index (κ3) is 5.87. The van der Waals surface area contributed by atoms with Crippen LogP contribution in [0.25, 0.3) is 10.6 Å². The van der Waals surface area contributed by atoms with Gasteiger partial charge in [0.15, 0.2) is 0 Å². The van der Waals surface area contributed by atoms with Crippen LogP contribution in [0.3, 0.4) is 0 Å². The molecule has 8 nitrogen and oxygen atoms in total. The first kappa shape index (κ1) is 27.2. The molecule has 12 heteroatoms. The molecular weight excluding hydrogens is 487 g/mol. The Bertz CT molecular complexity index is 1070. The fourth-order valence-corrected chi connectivity index (χ4v) is 4.70. The Labute approximate surface area is 206 Å². The lowest BCUT2D eigenvalue weighted by Gasteiger charge is -2.39. The van der Waals surface area contributed by atoms with Gasteiger partial charge in [-0.1, -0.05) is 11.3 Å². The molecule has 1 amide bonds. The Hall–Kier alpha value is -2.44. The molecule has 1 N–H and O–H groups in total. The average molecular weight is 518 g/mol. The predicted octanol–water partition coefficient (Wildman–Crippen LogP) is 5.20. The summed E-state index contributed by atoms with van der Waals surface area (Å²) in [6.07, 6.45) is -5.03. The maximum absolute atomic E-state index is 13.7. The molecule has 1 aromatic heterocycles. The summed E-state index contributed by atoms with van der Waals surface area (Å²) < 4.78 is 57.7. The second-order valence-corrected chi connectivity index (χ2v) is 10.8. The second kappa shape index (κ2) is 9.55. The molecule has 1 aliphatic rings. The summed E-state index contributed by atoms with van der Waals surface area (Å²) in [5, 5.41) is 17.8. The molecule has 1 aromatic carbocycles. The van der Waals surface area contributed by atoms with E-state index in [1.165, 1.54) is 17.0 Å². The largest absolute Gasteiger partial charge is 0.493 e. The van der Waals surface area contributed by atoms with E-state index in [2.05, 4.69) is 10.2 Å². The quantitative estimate of drug-likeness (QED) is 0.526. The lowest BCUT2D eigenvalue weighted by atomic mass is 10.0. The third-order valence-electron chi connectivity index (χ3n) is 5.29. The number of carbonyl (C=O) groups is 1. The van der Waals surface area contributed by atoms with E-state index < -0.39 is 34.7 Å². The molecule has 1 unspecified atom stereocenters. The molecule has 1 aliphatic heterocycles. The SMILES string of the molecule is CC(C)(C)OC(=O)N1C(C)(C)OCC1(C)c1nnc(-c2ccc(OCCCO)c(C(F)(F)F)c2)s1. The predicted molar refractivity (Wildman–Crippen MR) is 123 cm³/mol. The lowest BCUT2D eigenvalue weighted by molar-refractivity contribution is -0.138. The maximum Gasteiger partial charge on any atom is 0.419 e. The number of amides is 1. The van der Waals surface area contributed by atoms with Gasteiger partial charge in [0.2, 0.25) is 0 Å². The van der Waals surface area contributed by atoms with Crippen LogP contribution >= 0.6 is 11.3 Å². The first-order valence-corrected chi connectivity index (χ1v) is 11.9. The summed E-state index contributed by atoms with van der Waals surface area (Å²) in [5.41, 5.74) is -3.52. The fraction of sp³-hybridized carbons (Fsp3) is 0.609. The number of nitrogens with zero attached hydrogens (tertiary/aromatic N) is 3. The minimum Gasteiger partial charge on any atom is -0.493 e. The van der Waals surface area contributed by atoms with Crippen molar-refractivity contribution in [2.45, 2.75) is 71.0 Å². The van der Waals surface area contributed by atoms with Crippen LogP contribution in [0.4, 0.5) is 18.0 Å². The van der Waals surface area contributed by atoms with Crippen molar-refractivity contribution in [3.05, 3.63) is 28.8 Å². The highest BCUT2D eigenvalue weighted by atomic mass is 32.1. The molecular formula is C23H30F3N3O5S. The van der Waals surface area contributed by atoms with Crippen LogP contribution in [0.1, 0.15) is 58.5 Å². The first-order valence-electron chi connectivity index (χ1n) is 11.0. The summed E-state index contributed by atoms with van der Waals surface area (Å²) >= 11 is 1.08. The highest BCUT2D eigenvalue weighted by Gasteiger charge is 2.55. The molecule has 0 saturated carbocycles. The molecule has 3 rings (SSSR count). The Morgan fingerprint density at radius 3 is 2.51 bits per heavy atom. The Morgan fingerprint density at radius 1 is 1.23 bits per heavy atom. The van der Waals surface area contributed by atoms with E-state index in [1.807, 2.05) is 0 Å². The maximum atomic E-state index is 13.7. The van der Waals surface area contributed by atoms with E-state index >= 15 is 0 Å². The van der Waals surface area contributed by atoms with Crippen LogP contribution in [-0.4, -0.2) is 57.4 Å². The van der Waals surface area contributed by atoms with Crippen LogP contribution in [0, 0.1) is 0 Å². The number of carbonyl (C=O) groups excluding carboxylic acids is 1. The number of alkyl halides is 3. The summed E-state index contributed by atoms with van der Waals surface area (Å²) in [6.45, 7) is 10.4. The van der Waals surface area contributed by atoms with E-state index in [0.29, 0.717) is 5.01 Å². The zero-order chi connectivity index (χ0) is 26.2. The van der Waals surface area contributed by atoms with E-state index in [4.69, 9.17) is 19.3 Å². The van der Waals surface area contributed by atoms with Crippen LogP contribution in [0.5, 0.6) is 5.75 Å². The van der Waals surface area contributed by atoms with Gasteiger partial charge in [-0.3, -0.25) is 4.90 Å². The van der Waals surface area contributed by atoms with Gasteiger partial charge in [0, 0.05) is 18.6 Å². The fourth-order valence-electron chi connectivity index (χ4n) is 3.74. The van der Waals surface area contributed by atoms with Crippen molar-refractivity contribution in [1.82, 2.24) is 15.1 Å². The lowest BCUT2D eigenvalue weighted by Crippen LogP contribution is -2.54. The molecule has 0 aliphatic carbocycles. The molecule has 1 saturated heterocycles. The molecule has 0 radical (unpaired) electrons. The minimum absolute atomic E-state index is 0.0451. The van der Waals surface area contributed by atoms with Gasteiger partial charge in [-0.15, -0.1) is 10.2 Å². The van der Waals surface area contributed by atoms with Crippen LogP contribution < -0.4 is 4.74 Å². The molecule has 35 heavy (non-hydrogen) atoms. The second-order valence-electron chi connectivity index (χ2n) is 9.87. The van der Waals surface area contributed by atoms with Gasteiger partial charge >= 0.3 is 12.3 Å². The summed E-state index contributed by atoms with van der Waals surface area (Å²) in [4.78, 5) is 14.5. The summed E-state index contributed by atoms with van der Waals surface area (Å²) in [7, 11) is 0. The van der Waals surface area contributed by atoms with Crippen molar-refractivity contribution < 1.29 is 37.3 Å².